The summed E-state index contributed by atoms with van der Waals surface area (Å²) in [7, 11) is 0. The molecule has 0 amide bonds. The maximum absolute atomic E-state index is 11.3. The van der Waals surface area contributed by atoms with Gasteiger partial charge in [0.25, 0.3) is 0 Å². The van der Waals surface area contributed by atoms with Gasteiger partial charge in [-0.15, -0.1) is 0 Å². The molecule has 0 radical (unpaired) electrons. The third-order valence-electron chi connectivity index (χ3n) is 4.94. The molecule has 3 rings (SSSR count). The zero-order chi connectivity index (χ0) is 19.2. The van der Waals surface area contributed by atoms with Crippen LogP contribution in [0.25, 0.3) is 0 Å². The van der Waals surface area contributed by atoms with E-state index in [0.29, 0.717) is 17.9 Å². The highest BCUT2D eigenvalue weighted by Gasteiger charge is 2.20. The van der Waals surface area contributed by atoms with Gasteiger partial charge in [0, 0.05) is 51.5 Å². The fourth-order valence-corrected chi connectivity index (χ4v) is 3.55. The van der Waals surface area contributed by atoms with Crippen LogP contribution in [-0.4, -0.2) is 59.0 Å². The van der Waals surface area contributed by atoms with Crippen molar-refractivity contribution in [3.05, 3.63) is 63.5 Å². The zero-order valence-electron chi connectivity index (χ0n) is 16.0. The maximum Gasteiger partial charge on any atom is 0.313 e. The summed E-state index contributed by atoms with van der Waals surface area (Å²) < 4.78 is 0. The number of nitrogens with one attached hydrogen (secondary N) is 1. The summed E-state index contributed by atoms with van der Waals surface area (Å²) >= 11 is 0. The summed E-state index contributed by atoms with van der Waals surface area (Å²) in [4.78, 5) is 20.0. The first-order chi connectivity index (χ1) is 13.0. The second-order valence-corrected chi connectivity index (χ2v) is 7.03. The van der Waals surface area contributed by atoms with E-state index in [9.17, 15) is 10.1 Å². The summed E-state index contributed by atoms with van der Waals surface area (Å²) in [6.07, 6.45) is 0. The summed E-state index contributed by atoms with van der Waals surface area (Å²) in [5, 5.41) is 14.6. The van der Waals surface area contributed by atoms with Crippen molar-refractivity contribution in [3.8, 4) is 0 Å². The molecular formula is C20H27N5O2. The van der Waals surface area contributed by atoms with Crippen LogP contribution in [0.3, 0.4) is 0 Å². The van der Waals surface area contributed by atoms with E-state index in [0.717, 1.165) is 45.0 Å². The first-order valence-electron chi connectivity index (χ1n) is 9.38. The van der Waals surface area contributed by atoms with Crippen molar-refractivity contribution in [2.45, 2.75) is 20.4 Å². The number of aryl methyl sites for hydroxylation is 2. The van der Waals surface area contributed by atoms with Crippen molar-refractivity contribution in [2.24, 2.45) is 0 Å². The van der Waals surface area contributed by atoms with Gasteiger partial charge in [0.15, 0.2) is 0 Å². The van der Waals surface area contributed by atoms with E-state index >= 15 is 0 Å². The average molecular weight is 369 g/mol. The summed E-state index contributed by atoms with van der Waals surface area (Å²) in [5.41, 5.74) is 3.23. The van der Waals surface area contributed by atoms with Gasteiger partial charge in [-0.2, -0.15) is 0 Å². The third kappa shape index (κ3) is 5.24. The zero-order valence-corrected chi connectivity index (χ0v) is 16.0. The number of pyridine rings is 1. The first-order valence-corrected chi connectivity index (χ1v) is 9.38. The minimum Gasteiger partial charge on any atom is -0.378 e. The molecule has 0 spiro atoms. The molecule has 2 aromatic rings. The van der Waals surface area contributed by atoms with Gasteiger partial charge in [0.2, 0.25) is 0 Å². The number of anilines is 1. The molecular weight excluding hydrogens is 342 g/mol. The van der Waals surface area contributed by atoms with Crippen LogP contribution in [0, 0.1) is 24.0 Å². The fourth-order valence-electron chi connectivity index (χ4n) is 3.55. The topological polar surface area (TPSA) is 74.5 Å². The predicted molar refractivity (Wildman–Crippen MR) is 107 cm³/mol. The molecule has 0 saturated carbocycles. The normalized spacial score (nSPS) is 15.6. The number of nitrogens with zero attached hydrogens (tertiary/aromatic N) is 4. The van der Waals surface area contributed by atoms with E-state index in [2.05, 4.69) is 44.4 Å². The van der Waals surface area contributed by atoms with Gasteiger partial charge in [-0.1, -0.05) is 30.3 Å². The van der Waals surface area contributed by atoms with Crippen LogP contribution < -0.4 is 5.32 Å². The van der Waals surface area contributed by atoms with Crippen LogP contribution in [0.15, 0.2) is 36.4 Å². The van der Waals surface area contributed by atoms with Crippen molar-refractivity contribution in [3.63, 3.8) is 0 Å². The molecule has 0 atom stereocenters. The number of rotatable bonds is 7. The van der Waals surface area contributed by atoms with Gasteiger partial charge >= 0.3 is 5.69 Å². The van der Waals surface area contributed by atoms with Gasteiger partial charge in [0.1, 0.15) is 11.4 Å². The quantitative estimate of drug-likeness (QED) is 0.598. The summed E-state index contributed by atoms with van der Waals surface area (Å²) in [5.74, 6) is 0. The van der Waals surface area contributed by atoms with Crippen LogP contribution in [0.5, 0.6) is 0 Å². The van der Waals surface area contributed by atoms with E-state index in [-0.39, 0.29) is 10.6 Å². The molecule has 27 heavy (non-hydrogen) atoms. The van der Waals surface area contributed by atoms with E-state index in [4.69, 9.17) is 0 Å². The Hall–Kier alpha value is -2.51. The first kappa shape index (κ1) is 19.3. The van der Waals surface area contributed by atoms with E-state index in [1.807, 2.05) is 13.0 Å². The van der Waals surface area contributed by atoms with Crippen molar-refractivity contribution < 1.29 is 4.92 Å². The summed E-state index contributed by atoms with van der Waals surface area (Å²) in [6.45, 7) is 10.2. The number of hydrogen-bond donors (Lipinski definition) is 1. The van der Waals surface area contributed by atoms with Crippen LogP contribution in [0.2, 0.25) is 0 Å². The third-order valence-corrected chi connectivity index (χ3v) is 4.94. The molecule has 1 N–H and O–H groups in total. The molecule has 0 unspecified atom stereocenters. The maximum atomic E-state index is 11.3. The monoisotopic (exact) mass is 369 g/mol. The van der Waals surface area contributed by atoms with E-state index in [1.165, 1.54) is 5.56 Å². The molecule has 1 saturated heterocycles. The Kier molecular flexibility index (Phi) is 6.36. The predicted octanol–water partition coefficient (Wildman–Crippen LogP) is 2.84. The number of nitro groups is 1. The average Bonchev–Trinajstić information content (AvgIpc) is 2.63. The minimum absolute atomic E-state index is 0.0771. The highest BCUT2D eigenvalue weighted by atomic mass is 16.6. The molecule has 1 aliphatic rings. The highest BCUT2D eigenvalue weighted by Crippen LogP contribution is 2.27. The number of hydrogen-bond acceptors (Lipinski definition) is 6. The Morgan fingerprint density at radius 3 is 2.44 bits per heavy atom. The molecule has 0 aliphatic carbocycles. The second kappa shape index (κ2) is 8.92. The molecule has 1 fully saturated rings. The lowest BCUT2D eigenvalue weighted by Gasteiger charge is -2.34. The van der Waals surface area contributed by atoms with Gasteiger partial charge in [-0.25, -0.2) is 0 Å². The molecule has 1 aliphatic heterocycles. The SMILES string of the molecule is Cc1cc(NCCN2CCN(Cc3ccccc3)CC2)c([N+](=O)[O-])c(C)n1. The number of aromatic nitrogens is 1. The lowest BCUT2D eigenvalue weighted by molar-refractivity contribution is -0.384. The van der Waals surface area contributed by atoms with Crippen LogP contribution >= 0.6 is 0 Å². The van der Waals surface area contributed by atoms with Gasteiger partial charge in [-0.05, 0) is 25.5 Å². The Balaban J connectivity index is 1.46. The molecule has 7 nitrogen and oxygen atoms in total. The van der Waals surface area contributed by atoms with Crippen molar-refractivity contribution in [2.75, 3.05) is 44.6 Å². The highest BCUT2D eigenvalue weighted by molar-refractivity contribution is 5.64. The van der Waals surface area contributed by atoms with Gasteiger partial charge < -0.3 is 5.32 Å². The fraction of sp³-hybridized carbons (Fsp3) is 0.450. The molecule has 2 heterocycles. The standard InChI is InChI=1S/C20H27N5O2/c1-16-14-19(20(25(26)27)17(2)22-16)21-8-9-23-10-12-24(13-11-23)15-18-6-4-3-5-7-18/h3-7,14H,8-13,15H2,1-2H3,(H,21,22). The Morgan fingerprint density at radius 2 is 1.78 bits per heavy atom. The Morgan fingerprint density at radius 1 is 1.11 bits per heavy atom. The number of piperazine rings is 1. The summed E-state index contributed by atoms with van der Waals surface area (Å²) in [6, 6.07) is 12.3. The molecule has 1 aromatic carbocycles. The van der Waals surface area contributed by atoms with Gasteiger partial charge in [0.05, 0.1) is 4.92 Å². The van der Waals surface area contributed by atoms with Crippen molar-refractivity contribution >= 4 is 11.4 Å². The van der Waals surface area contributed by atoms with Crippen LogP contribution in [-0.2, 0) is 6.54 Å². The Bertz CT molecular complexity index is 773. The molecule has 144 valence electrons. The van der Waals surface area contributed by atoms with Crippen molar-refractivity contribution in [1.29, 1.82) is 0 Å². The Labute approximate surface area is 160 Å². The van der Waals surface area contributed by atoms with E-state index in [1.54, 1.807) is 13.0 Å². The molecule has 7 heteroatoms. The van der Waals surface area contributed by atoms with Crippen molar-refractivity contribution in [1.82, 2.24) is 14.8 Å². The lowest BCUT2D eigenvalue weighted by Crippen LogP contribution is -2.47. The van der Waals surface area contributed by atoms with Gasteiger partial charge in [-0.3, -0.25) is 24.9 Å². The van der Waals surface area contributed by atoms with Crippen LogP contribution in [0.4, 0.5) is 11.4 Å². The molecule has 1 aromatic heterocycles. The van der Waals surface area contributed by atoms with E-state index < -0.39 is 0 Å². The smallest absolute Gasteiger partial charge is 0.313 e. The minimum atomic E-state index is -0.355. The number of benzene rings is 1. The lowest BCUT2D eigenvalue weighted by atomic mass is 10.2. The second-order valence-electron chi connectivity index (χ2n) is 7.03. The molecule has 0 bridgehead atoms. The largest absolute Gasteiger partial charge is 0.378 e. The van der Waals surface area contributed by atoms with Crippen LogP contribution in [0.1, 0.15) is 17.0 Å².